The van der Waals surface area contributed by atoms with Crippen LogP contribution in [0.1, 0.15) is 5.82 Å². The first-order valence-corrected chi connectivity index (χ1v) is 3.78. The summed E-state index contributed by atoms with van der Waals surface area (Å²) in [6, 6.07) is 1.88. The van der Waals surface area contributed by atoms with Gasteiger partial charge in [0.15, 0.2) is 0 Å². The lowest BCUT2D eigenvalue weighted by molar-refractivity contribution is 0.812. The predicted molar refractivity (Wildman–Crippen MR) is 60.9 cm³/mol. The molecule has 0 atom stereocenters. The van der Waals surface area contributed by atoms with Crippen LogP contribution in [0.25, 0.3) is 11.0 Å². The monoisotopic (exact) mass is 234 g/mol. The molecule has 0 bridgehead atoms. The molecule has 0 saturated carbocycles. The average Bonchev–Trinajstić information content (AvgIpc) is 2.44. The minimum absolute atomic E-state index is 0. The number of halogens is 2. The summed E-state index contributed by atoms with van der Waals surface area (Å²) in [5, 5.41) is 0. The van der Waals surface area contributed by atoms with E-state index in [1.807, 2.05) is 17.7 Å². The molecule has 0 radical (unpaired) electrons. The quantitative estimate of drug-likeness (QED) is 0.809. The van der Waals surface area contributed by atoms with Gasteiger partial charge in [-0.3, -0.25) is 4.98 Å². The van der Waals surface area contributed by atoms with Gasteiger partial charge in [-0.25, -0.2) is 4.98 Å². The molecule has 2 aromatic heterocycles. The highest BCUT2D eigenvalue weighted by Gasteiger charge is 2.04. The Morgan fingerprint density at radius 2 is 2.14 bits per heavy atom. The highest BCUT2D eigenvalue weighted by atomic mass is 35.5. The Bertz CT molecular complexity index is 413. The van der Waals surface area contributed by atoms with Crippen LogP contribution in [0, 0.1) is 0 Å². The van der Waals surface area contributed by atoms with E-state index < -0.39 is 0 Å². The van der Waals surface area contributed by atoms with E-state index in [9.17, 15) is 0 Å². The van der Waals surface area contributed by atoms with Crippen LogP contribution >= 0.6 is 24.8 Å². The van der Waals surface area contributed by atoms with E-state index in [0.29, 0.717) is 6.54 Å². The maximum Gasteiger partial charge on any atom is 0.123 e. The van der Waals surface area contributed by atoms with Crippen molar-refractivity contribution in [3.05, 3.63) is 24.3 Å². The SMILES string of the molecule is Cl.Cl.Cn1c(CN)nc2ccncc21. The fourth-order valence-electron chi connectivity index (χ4n) is 1.27. The Morgan fingerprint density at radius 1 is 1.43 bits per heavy atom. The van der Waals surface area contributed by atoms with E-state index in [1.165, 1.54) is 0 Å². The van der Waals surface area contributed by atoms with Crippen molar-refractivity contribution in [3.8, 4) is 0 Å². The van der Waals surface area contributed by atoms with Gasteiger partial charge in [0, 0.05) is 13.2 Å². The summed E-state index contributed by atoms with van der Waals surface area (Å²) in [5.41, 5.74) is 7.49. The highest BCUT2D eigenvalue weighted by Crippen LogP contribution is 2.11. The number of aryl methyl sites for hydroxylation is 1. The van der Waals surface area contributed by atoms with Crippen LogP contribution in [0.2, 0.25) is 0 Å². The molecule has 2 rings (SSSR count). The summed E-state index contributed by atoms with van der Waals surface area (Å²) < 4.78 is 1.96. The Morgan fingerprint density at radius 3 is 2.71 bits per heavy atom. The fraction of sp³-hybridized carbons (Fsp3) is 0.250. The van der Waals surface area contributed by atoms with Gasteiger partial charge < -0.3 is 10.3 Å². The molecule has 0 amide bonds. The molecule has 2 aromatic rings. The van der Waals surface area contributed by atoms with E-state index in [0.717, 1.165) is 16.9 Å². The third kappa shape index (κ3) is 1.97. The number of rotatable bonds is 1. The highest BCUT2D eigenvalue weighted by molar-refractivity contribution is 5.85. The fourth-order valence-corrected chi connectivity index (χ4v) is 1.27. The van der Waals surface area contributed by atoms with E-state index in [1.54, 1.807) is 12.4 Å². The molecule has 78 valence electrons. The van der Waals surface area contributed by atoms with Crippen molar-refractivity contribution in [3.63, 3.8) is 0 Å². The second kappa shape index (κ2) is 5.14. The Kier molecular flexibility index (Phi) is 4.83. The van der Waals surface area contributed by atoms with Crippen molar-refractivity contribution < 1.29 is 0 Å². The smallest absolute Gasteiger partial charge is 0.123 e. The average molecular weight is 235 g/mol. The number of fused-ring (bicyclic) bond motifs is 1. The Balaban J connectivity index is 0.000000845. The number of aromatic nitrogens is 3. The summed E-state index contributed by atoms with van der Waals surface area (Å²) >= 11 is 0. The molecule has 0 saturated heterocycles. The zero-order chi connectivity index (χ0) is 8.55. The normalized spacial score (nSPS) is 9.29. The molecular formula is C8H12Cl2N4. The molecule has 0 aliphatic carbocycles. The minimum atomic E-state index is 0. The third-order valence-corrected chi connectivity index (χ3v) is 1.96. The van der Waals surface area contributed by atoms with Crippen molar-refractivity contribution >= 4 is 35.8 Å². The molecule has 6 heteroatoms. The molecule has 0 aliphatic heterocycles. The predicted octanol–water partition coefficient (Wildman–Crippen LogP) is 1.27. The molecule has 0 aromatic carbocycles. The summed E-state index contributed by atoms with van der Waals surface area (Å²) in [7, 11) is 1.94. The number of nitrogens with zero attached hydrogens (tertiary/aromatic N) is 3. The molecule has 14 heavy (non-hydrogen) atoms. The first kappa shape index (κ1) is 13.2. The van der Waals surface area contributed by atoms with Crippen molar-refractivity contribution in [2.45, 2.75) is 6.54 Å². The van der Waals surface area contributed by atoms with Gasteiger partial charge in [-0.15, -0.1) is 24.8 Å². The van der Waals surface area contributed by atoms with Gasteiger partial charge in [-0.1, -0.05) is 0 Å². The lowest BCUT2D eigenvalue weighted by Crippen LogP contribution is -2.04. The van der Waals surface area contributed by atoms with Crippen molar-refractivity contribution in [1.82, 2.24) is 14.5 Å². The standard InChI is InChI=1S/C8H10N4.2ClH/c1-12-7-5-10-3-2-6(7)11-8(12)4-9;;/h2-3,5H,4,9H2,1H3;2*1H. The van der Waals surface area contributed by atoms with Gasteiger partial charge in [-0.05, 0) is 6.07 Å². The topological polar surface area (TPSA) is 56.7 Å². The van der Waals surface area contributed by atoms with Gasteiger partial charge >= 0.3 is 0 Å². The van der Waals surface area contributed by atoms with Gasteiger partial charge in [0.1, 0.15) is 5.82 Å². The van der Waals surface area contributed by atoms with E-state index in [-0.39, 0.29) is 24.8 Å². The molecule has 0 fully saturated rings. The van der Waals surface area contributed by atoms with Gasteiger partial charge in [0.2, 0.25) is 0 Å². The summed E-state index contributed by atoms with van der Waals surface area (Å²) in [6.07, 6.45) is 3.52. The van der Waals surface area contributed by atoms with Crippen LogP contribution < -0.4 is 5.73 Å². The first-order chi connectivity index (χ1) is 5.83. The number of imidazole rings is 1. The van der Waals surface area contributed by atoms with Crippen molar-refractivity contribution in [1.29, 1.82) is 0 Å². The summed E-state index contributed by atoms with van der Waals surface area (Å²) in [6.45, 7) is 0.463. The van der Waals surface area contributed by atoms with E-state index in [4.69, 9.17) is 5.73 Å². The van der Waals surface area contributed by atoms with Gasteiger partial charge in [0.25, 0.3) is 0 Å². The lowest BCUT2D eigenvalue weighted by Gasteiger charge is -1.96. The molecule has 0 spiro atoms. The van der Waals surface area contributed by atoms with Crippen LogP contribution in [-0.2, 0) is 13.6 Å². The van der Waals surface area contributed by atoms with E-state index in [2.05, 4.69) is 9.97 Å². The number of hydrogen-bond acceptors (Lipinski definition) is 3. The van der Waals surface area contributed by atoms with Crippen LogP contribution in [0.5, 0.6) is 0 Å². The number of pyridine rings is 1. The Labute approximate surface area is 94.3 Å². The summed E-state index contributed by atoms with van der Waals surface area (Å²) in [4.78, 5) is 8.35. The maximum absolute atomic E-state index is 5.51. The van der Waals surface area contributed by atoms with Crippen LogP contribution in [0.15, 0.2) is 18.5 Å². The second-order valence-electron chi connectivity index (χ2n) is 2.66. The van der Waals surface area contributed by atoms with Crippen LogP contribution in [0.3, 0.4) is 0 Å². The van der Waals surface area contributed by atoms with Crippen LogP contribution in [-0.4, -0.2) is 14.5 Å². The maximum atomic E-state index is 5.51. The first-order valence-electron chi connectivity index (χ1n) is 3.78. The van der Waals surface area contributed by atoms with E-state index >= 15 is 0 Å². The van der Waals surface area contributed by atoms with Crippen molar-refractivity contribution in [2.24, 2.45) is 12.8 Å². The number of nitrogens with two attached hydrogens (primary N) is 1. The van der Waals surface area contributed by atoms with Gasteiger partial charge in [0.05, 0.1) is 23.8 Å². The summed E-state index contributed by atoms with van der Waals surface area (Å²) in [5.74, 6) is 0.887. The molecule has 0 aliphatic rings. The third-order valence-electron chi connectivity index (χ3n) is 1.96. The molecule has 2 heterocycles. The molecule has 4 nitrogen and oxygen atoms in total. The minimum Gasteiger partial charge on any atom is -0.329 e. The molecule has 0 unspecified atom stereocenters. The molecular weight excluding hydrogens is 223 g/mol. The van der Waals surface area contributed by atoms with Gasteiger partial charge in [-0.2, -0.15) is 0 Å². The lowest BCUT2D eigenvalue weighted by atomic mass is 10.4. The van der Waals surface area contributed by atoms with Crippen LogP contribution in [0.4, 0.5) is 0 Å². The largest absolute Gasteiger partial charge is 0.329 e. The zero-order valence-electron chi connectivity index (χ0n) is 7.67. The Hall–Kier alpha value is -0.840. The zero-order valence-corrected chi connectivity index (χ0v) is 9.31. The molecule has 2 N–H and O–H groups in total. The number of hydrogen-bond donors (Lipinski definition) is 1. The second-order valence-corrected chi connectivity index (χ2v) is 2.66. The van der Waals surface area contributed by atoms with Crippen molar-refractivity contribution in [2.75, 3.05) is 0 Å².